The van der Waals surface area contributed by atoms with Gasteiger partial charge in [0.1, 0.15) is 0 Å². The molecule has 1 unspecified atom stereocenters. The van der Waals surface area contributed by atoms with Gasteiger partial charge in [-0.3, -0.25) is 0 Å². The van der Waals surface area contributed by atoms with E-state index in [-0.39, 0.29) is 6.10 Å². The van der Waals surface area contributed by atoms with Crippen LogP contribution in [-0.2, 0) is 4.74 Å². The number of benzene rings is 1. The monoisotopic (exact) mass is 260 g/mol. The molecule has 1 aliphatic rings. The largest absolute Gasteiger partial charge is 0.374 e. The van der Waals surface area contributed by atoms with E-state index in [1.165, 1.54) is 5.56 Å². The Bertz CT molecular complexity index is 308. The molecular formula is C10H10BrClO. The Labute approximate surface area is 91.2 Å². The summed E-state index contributed by atoms with van der Waals surface area (Å²) >= 11 is 9.35. The summed E-state index contributed by atoms with van der Waals surface area (Å²) in [6.07, 6.45) is 2.52. The van der Waals surface area contributed by atoms with Crippen LogP contribution in [0.4, 0.5) is 0 Å². The molecule has 1 atom stereocenters. The maximum absolute atomic E-state index is 5.99. The fraction of sp³-hybridized carbons (Fsp3) is 0.400. The van der Waals surface area contributed by atoms with E-state index in [1.807, 2.05) is 12.1 Å². The van der Waals surface area contributed by atoms with E-state index in [9.17, 15) is 0 Å². The molecule has 0 aliphatic carbocycles. The Morgan fingerprint density at radius 1 is 1.46 bits per heavy atom. The van der Waals surface area contributed by atoms with Crippen LogP contribution in [-0.4, -0.2) is 6.61 Å². The van der Waals surface area contributed by atoms with Gasteiger partial charge in [0.15, 0.2) is 0 Å². The molecule has 1 nitrogen and oxygen atoms in total. The van der Waals surface area contributed by atoms with Gasteiger partial charge >= 0.3 is 0 Å². The maximum atomic E-state index is 5.99. The third-order valence-corrected chi connectivity index (χ3v) is 3.48. The second kappa shape index (κ2) is 3.99. The lowest BCUT2D eigenvalue weighted by molar-refractivity contribution is 0.112. The average Bonchev–Trinajstić information content (AvgIpc) is 2.62. The number of rotatable bonds is 1. The minimum absolute atomic E-state index is 0.255. The first-order valence-electron chi connectivity index (χ1n) is 4.34. The number of hydrogen-bond acceptors (Lipinski definition) is 1. The van der Waals surface area contributed by atoms with E-state index >= 15 is 0 Å². The predicted octanol–water partition coefficient (Wildman–Crippen LogP) is 3.95. The SMILES string of the molecule is Clc1cc(C2CCCO2)ccc1Br. The van der Waals surface area contributed by atoms with Gasteiger partial charge in [0.05, 0.1) is 11.1 Å². The number of hydrogen-bond donors (Lipinski definition) is 0. The highest BCUT2D eigenvalue weighted by atomic mass is 79.9. The van der Waals surface area contributed by atoms with Crippen molar-refractivity contribution in [3.63, 3.8) is 0 Å². The lowest BCUT2D eigenvalue weighted by atomic mass is 10.1. The molecule has 0 spiro atoms. The minimum atomic E-state index is 0.255. The maximum Gasteiger partial charge on any atom is 0.0826 e. The summed E-state index contributed by atoms with van der Waals surface area (Å²) in [6, 6.07) is 6.01. The van der Waals surface area contributed by atoms with Gasteiger partial charge in [-0.25, -0.2) is 0 Å². The summed E-state index contributed by atoms with van der Waals surface area (Å²) in [6.45, 7) is 0.873. The van der Waals surface area contributed by atoms with Crippen LogP contribution in [0, 0.1) is 0 Å². The molecule has 1 aliphatic heterocycles. The van der Waals surface area contributed by atoms with Crippen LogP contribution in [0.3, 0.4) is 0 Å². The highest BCUT2D eigenvalue weighted by Gasteiger charge is 2.17. The molecule has 70 valence electrons. The van der Waals surface area contributed by atoms with Crippen molar-refractivity contribution in [1.29, 1.82) is 0 Å². The van der Waals surface area contributed by atoms with Crippen molar-refractivity contribution in [1.82, 2.24) is 0 Å². The van der Waals surface area contributed by atoms with Crippen LogP contribution < -0.4 is 0 Å². The predicted molar refractivity (Wildman–Crippen MR) is 57.1 cm³/mol. The second-order valence-electron chi connectivity index (χ2n) is 3.18. The van der Waals surface area contributed by atoms with Crippen LogP contribution in [0.15, 0.2) is 22.7 Å². The molecule has 1 heterocycles. The topological polar surface area (TPSA) is 9.23 Å². The molecule has 2 rings (SSSR count). The molecular weight excluding hydrogens is 251 g/mol. The summed E-state index contributed by atoms with van der Waals surface area (Å²) < 4.78 is 6.50. The summed E-state index contributed by atoms with van der Waals surface area (Å²) in [5, 5.41) is 0.757. The molecule has 1 saturated heterocycles. The van der Waals surface area contributed by atoms with Crippen LogP contribution in [0.25, 0.3) is 0 Å². The Balaban J connectivity index is 2.25. The summed E-state index contributed by atoms with van der Waals surface area (Å²) in [5.41, 5.74) is 1.19. The van der Waals surface area contributed by atoms with Crippen molar-refractivity contribution in [3.8, 4) is 0 Å². The first-order chi connectivity index (χ1) is 6.27. The van der Waals surface area contributed by atoms with E-state index < -0.39 is 0 Å². The summed E-state index contributed by atoms with van der Waals surface area (Å²) in [7, 11) is 0. The highest BCUT2D eigenvalue weighted by molar-refractivity contribution is 9.10. The molecule has 0 radical (unpaired) electrons. The van der Waals surface area contributed by atoms with Gasteiger partial charge in [-0.1, -0.05) is 17.7 Å². The average molecular weight is 262 g/mol. The Morgan fingerprint density at radius 3 is 2.92 bits per heavy atom. The smallest absolute Gasteiger partial charge is 0.0826 e. The molecule has 13 heavy (non-hydrogen) atoms. The summed E-state index contributed by atoms with van der Waals surface area (Å²) in [4.78, 5) is 0. The quantitative estimate of drug-likeness (QED) is 0.744. The van der Waals surface area contributed by atoms with Crippen LogP contribution in [0.1, 0.15) is 24.5 Å². The van der Waals surface area contributed by atoms with Crippen molar-refractivity contribution >= 4 is 27.5 Å². The lowest BCUT2D eigenvalue weighted by Gasteiger charge is -2.10. The Morgan fingerprint density at radius 2 is 2.31 bits per heavy atom. The van der Waals surface area contributed by atoms with Crippen LogP contribution >= 0.6 is 27.5 Å². The molecule has 1 aromatic rings. The van der Waals surface area contributed by atoms with E-state index in [2.05, 4.69) is 22.0 Å². The van der Waals surface area contributed by atoms with Crippen molar-refractivity contribution in [3.05, 3.63) is 33.3 Å². The molecule has 0 saturated carbocycles. The van der Waals surface area contributed by atoms with Gasteiger partial charge in [-0.05, 0) is 46.5 Å². The molecule has 0 aromatic heterocycles. The van der Waals surface area contributed by atoms with E-state index in [0.717, 1.165) is 28.9 Å². The van der Waals surface area contributed by atoms with Crippen molar-refractivity contribution in [2.45, 2.75) is 18.9 Å². The molecule has 1 fully saturated rings. The van der Waals surface area contributed by atoms with Crippen molar-refractivity contribution in [2.75, 3.05) is 6.61 Å². The minimum Gasteiger partial charge on any atom is -0.374 e. The fourth-order valence-corrected chi connectivity index (χ4v) is 1.99. The lowest BCUT2D eigenvalue weighted by Crippen LogP contribution is -1.95. The van der Waals surface area contributed by atoms with E-state index in [0.29, 0.717) is 0 Å². The standard InChI is InChI=1S/C10H10BrClO/c11-8-4-3-7(6-9(8)12)10-2-1-5-13-10/h3-4,6,10H,1-2,5H2. The Hall–Kier alpha value is -0.0500. The van der Waals surface area contributed by atoms with Crippen molar-refractivity contribution < 1.29 is 4.74 Å². The third-order valence-electron chi connectivity index (χ3n) is 2.25. The van der Waals surface area contributed by atoms with Gasteiger partial charge in [0, 0.05) is 11.1 Å². The van der Waals surface area contributed by atoms with Gasteiger partial charge in [0.25, 0.3) is 0 Å². The first kappa shape index (κ1) is 9.50. The molecule has 0 N–H and O–H groups in total. The van der Waals surface area contributed by atoms with Crippen molar-refractivity contribution in [2.24, 2.45) is 0 Å². The van der Waals surface area contributed by atoms with Crippen LogP contribution in [0.5, 0.6) is 0 Å². The van der Waals surface area contributed by atoms with Crippen LogP contribution in [0.2, 0.25) is 5.02 Å². The summed E-state index contributed by atoms with van der Waals surface area (Å²) in [5.74, 6) is 0. The Kier molecular flexibility index (Phi) is 2.92. The first-order valence-corrected chi connectivity index (χ1v) is 5.51. The zero-order valence-corrected chi connectivity index (χ0v) is 9.44. The van der Waals surface area contributed by atoms with Gasteiger partial charge in [0.2, 0.25) is 0 Å². The molecule has 3 heteroatoms. The number of halogens is 2. The normalized spacial score (nSPS) is 22.2. The highest BCUT2D eigenvalue weighted by Crippen LogP contribution is 2.32. The fourth-order valence-electron chi connectivity index (χ4n) is 1.55. The molecule has 1 aromatic carbocycles. The number of ether oxygens (including phenoxy) is 1. The zero-order chi connectivity index (χ0) is 9.26. The molecule has 0 amide bonds. The third kappa shape index (κ3) is 2.06. The molecule has 0 bridgehead atoms. The second-order valence-corrected chi connectivity index (χ2v) is 4.44. The van der Waals surface area contributed by atoms with Gasteiger partial charge in [-0.2, -0.15) is 0 Å². The zero-order valence-electron chi connectivity index (χ0n) is 7.09. The van der Waals surface area contributed by atoms with Gasteiger partial charge < -0.3 is 4.74 Å². The van der Waals surface area contributed by atoms with E-state index in [4.69, 9.17) is 16.3 Å². The van der Waals surface area contributed by atoms with Gasteiger partial charge in [-0.15, -0.1) is 0 Å². The van der Waals surface area contributed by atoms with E-state index in [1.54, 1.807) is 0 Å².